The number of carbonyl (C=O) groups excluding carboxylic acids is 2. The number of aliphatic hydroxyl groups is 1. The fourth-order valence-electron chi connectivity index (χ4n) is 4.15. The highest BCUT2D eigenvalue weighted by Gasteiger charge is 2.63. The lowest BCUT2D eigenvalue weighted by Crippen LogP contribution is -2.51. The van der Waals surface area contributed by atoms with E-state index >= 15 is 0 Å². The van der Waals surface area contributed by atoms with Crippen LogP contribution in [0.2, 0.25) is 0 Å². The van der Waals surface area contributed by atoms with Crippen molar-refractivity contribution in [2.45, 2.75) is 30.1 Å². The van der Waals surface area contributed by atoms with Crippen LogP contribution in [0.25, 0.3) is 10.8 Å². The van der Waals surface area contributed by atoms with Crippen molar-refractivity contribution < 1.29 is 24.2 Å². The van der Waals surface area contributed by atoms with E-state index < -0.39 is 28.7 Å². The van der Waals surface area contributed by atoms with Gasteiger partial charge < -0.3 is 14.6 Å². The molecule has 0 saturated carbocycles. The minimum absolute atomic E-state index is 0.0868. The molecule has 1 aliphatic rings. The lowest BCUT2D eigenvalue weighted by atomic mass is 9.72. The molecule has 160 valence electrons. The van der Waals surface area contributed by atoms with Gasteiger partial charge in [0.25, 0.3) is 0 Å². The summed E-state index contributed by atoms with van der Waals surface area (Å²) in [5, 5.41) is 12.8. The van der Waals surface area contributed by atoms with Crippen LogP contribution in [0.3, 0.4) is 0 Å². The monoisotopic (exact) mass is 436 g/mol. The Balaban J connectivity index is 1.97. The van der Waals surface area contributed by atoms with Crippen molar-refractivity contribution in [2.24, 2.45) is 5.41 Å². The van der Waals surface area contributed by atoms with Crippen molar-refractivity contribution in [3.63, 3.8) is 0 Å². The first-order valence-corrected chi connectivity index (χ1v) is 11.2. The summed E-state index contributed by atoms with van der Waals surface area (Å²) >= 11 is 1.38. The van der Waals surface area contributed by atoms with Crippen LogP contribution < -0.4 is 0 Å². The average molecular weight is 437 g/mol. The lowest BCUT2D eigenvalue weighted by Gasteiger charge is -2.43. The third-order valence-electron chi connectivity index (χ3n) is 5.61. The molecule has 0 bridgehead atoms. The van der Waals surface area contributed by atoms with Crippen molar-refractivity contribution >= 4 is 34.5 Å². The number of aliphatic hydroxyl groups excluding tert-OH is 1. The fourth-order valence-corrected chi connectivity index (χ4v) is 5.66. The van der Waals surface area contributed by atoms with E-state index in [1.54, 1.807) is 26.0 Å². The van der Waals surface area contributed by atoms with Crippen LogP contribution in [-0.2, 0) is 19.1 Å². The zero-order valence-corrected chi connectivity index (χ0v) is 18.2. The first-order chi connectivity index (χ1) is 15.0. The molecular formula is C25H24O5S. The Morgan fingerprint density at radius 3 is 2.19 bits per heavy atom. The molecule has 0 spiro atoms. The van der Waals surface area contributed by atoms with Gasteiger partial charge in [0, 0.05) is 4.90 Å². The Morgan fingerprint density at radius 2 is 1.52 bits per heavy atom. The van der Waals surface area contributed by atoms with E-state index in [4.69, 9.17) is 9.47 Å². The van der Waals surface area contributed by atoms with E-state index in [1.807, 2.05) is 54.6 Å². The Bertz CT molecular complexity index is 1110. The summed E-state index contributed by atoms with van der Waals surface area (Å²) in [7, 11) is 0. The Kier molecular flexibility index (Phi) is 6.03. The molecule has 3 aromatic rings. The minimum Gasteiger partial charge on any atom is -0.465 e. The second kappa shape index (κ2) is 8.73. The SMILES string of the molecule is CCOC(=O)C1(C(=O)OCC)C(O)c2ccccc2SC1c1ccc2ccccc2c1. The lowest BCUT2D eigenvalue weighted by molar-refractivity contribution is -0.182. The number of fused-ring (bicyclic) bond motifs is 2. The quantitative estimate of drug-likeness (QED) is 0.456. The highest BCUT2D eigenvalue weighted by Crippen LogP contribution is 2.60. The van der Waals surface area contributed by atoms with Crippen molar-refractivity contribution in [2.75, 3.05) is 13.2 Å². The van der Waals surface area contributed by atoms with E-state index in [-0.39, 0.29) is 13.2 Å². The largest absolute Gasteiger partial charge is 0.465 e. The molecule has 0 saturated heterocycles. The fraction of sp³-hybridized carbons (Fsp3) is 0.280. The molecule has 6 heteroatoms. The second-order valence-electron chi connectivity index (χ2n) is 7.35. The summed E-state index contributed by atoms with van der Waals surface area (Å²) < 4.78 is 10.7. The van der Waals surface area contributed by atoms with Crippen molar-refractivity contribution in [1.29, 1.82) is 0 Å². The van der Waals surface area contributed by atoms with Gasteiger partial charge in [-0.15, -0.1) is 11.8 Å². The number of benzene rings is 3. The molecule has 31 heavy (non-hydrogen) atoms. The first-order valence-electron chi connectivity index (χ1n) is 10.3. The number of rotatable bonds is 5. The summed E-state index contributed by atoms with van der Waals surface area (Å²) in [4.78, 5) is 27.6. The Hall–Kier alpha value is -2.83. The predicted octanol–water partition coefficient (Wildman–Crippen LogP) is 4.83. The maximum atomic E-state index is 13.4. The summed E-state index contributed by atoms with van der Waals surface area (Å²) in [5.41, 5.74) is -0.656. The molecule has 4 rings (SSSR count). The van der Waals surface area contributed by atoms with Crippen LogP contribution in [0.15, 0.2) is 71.6 Å². The van der Waals surface area contributed by atoms with Gasteiger partial charge in [-0.05, 0) is 47.9 Å². The van der Waals surface area contributed by atoms with Crippen molar-refractivity contribution in [1.82, 2.24) is 0 Å². The van der Waals surface area contributed by atoms with Crippen LogP contribution in [0.1, 0.15) is 36.3 Å². The standard InChI is InChI=1S/C25H24O5S/c1-3-29-23(27)25(24(28)30-4-2)21(26)19-11-7-8-12-20(19)31-22(25)18-14-13-16-9-5-6-10-17(16)15-18/h5-15,21-22,26H,3-4H2,1-2H3. The second-order valence-corrected chi connectivity index (χ2v) is 8.50. The molecule has 1 heterocycles. The molecule has 0 fully saturated rings. The summed E-state index contributed by atoms with van der Waals surface area (Å²) in [6.45, 7) is 3.53. The van der Waals surface area contributed by atoms with E-state index in [1.165, 1.54) is 11.8 Å². The van der Waals surface area contributed by atoms with Gasteiger partial charge in [0.05, 0.1) is 18.5 Å². The van der Waals surface area contributed by atoms with Gasteiger partial charge in [-0.25, -0.2) is 0 Å². The average Bonchev–Trinajstić information content (AvgIpc) is 2.79. The number of carbonyl (C=O) groups is 2. The predicted molar refractivity (Wildman–Crippen MR) is 120 cm³/mol. The van der Waals surface area contributed by atoms with Gasteiger partial charge in [0.2, 0.25) is 5.41 Å². The molecular weight excluding hydrogens is 412 g/mol. The zero-order chi connectivity index (χ0) is 22.0. The number of thioether (sulfide) groups is 1. The van der Waals surface area contributed by atoms with Gasteiger partial charge in [0.15, 0.2) is 0 Å². The molecule has 0 amide bonds. The van der Waals surface area contributed by atoms with Gasteiger partial charge in [-0.2, -0.15) is 0 Å². The third-order valence-corrected chi connectivity index (χ3v) is 7.11. The first kappa shape index (κ1) is 21.4. The molecule has 1 N–H and O–H groups in total. The number of hydrogen-bond donors (Lipinski definition) is 1. The highest BCUT2D eigenvalue weighted by molar-refractivity contribution is 7.99. The molecule has 1 aliphatic heterocycles. The normalized spacial score (nSPS) is 19.5. The van der Waals surface area contributed by atoms with E-state index in [0.717, 1.165) is 21.2 Å². The molecule has 0 aliphatic carbocycles. The molecule has 2 atom stereocenters. The maximum Gasteiger partial charge on any atom is 0.328 e. The van der Waals surface area contributed by atoms with Crippen LogP contribution in [0.4, 0.5) is 0 Å². The Morgan fingerprint density at radius 1 is 0.903 bits per heavy atom. The topological polar surface area (TPSA) is 72.8 Å². The highest BCUT2D eigenvalue weighted by atomic mass is 32.2. The van der Waals surface area contributed by atoms with Crippen LogP contribution in [0, 0.1) is 5.41 Å². The van der Waals surface area contributed by atoms with Crippen LogP contribution >= 0.6 is 11.8 Å². The van der Waals surface area contributed by atoms with Crippen LogP contribution in [-0.4, -0.2) is 30.3 Å². The molecule has 2 unspecified atom stereocenters. The minimum atomic E-state index is -1.92. The van der Waals surface area contributed by atoms with Crippen molar-refractivity contribution in [3.05, 3.63) is 77.9 Å². The van der Waals surface area contributed by atoms with Crippen molar-refractivity contribution in [3.8, 4) is 0 Å². The number of ether oxygens (including phenoxy) is 2. The van der Waals surface area contributed by atoms with Gasteiger partial charge >= 0.3 is 11.9 Å². The smallest absolute Gasteiger partial charge is 0.328 e. The molecule has 3 aromatic carbocycles. The zero-order valence-electron chi connectivity index (χ0n) is 17.4. The number of esters is 2. The van der Waals surface area contributed by atoms with Gasteiger partial charge in [-0.3, -0.25) is 9.59 Å². The summed E-state index contributed by atoms with van der Waals surface area (Å²) in [5.74, 6) is -1.55. The maximum absolute atomic E-state index is 13.4. The summed E-state index contributed by atoms with van der Waals surface area (Å²) in [6, 6.07) is 21.0. The van der Waals surface area contributed by atoms with Crippen LogP contribution in [0.5, 0.6) is 0 Å². The Labute approximate surface area is 185 Å². The number of hydrogen-bond acceptors (Lipinski definition) is 6. The van der Waals surface area contributed by atoms with E-state index in [2.05, 4.69) is 0 Å². The summed E-state index contributed by atoms with van der Waals surface area (Å²) in [6.07, 6.45) is -1.40. The molecule has 5 nitrogen and oxygen atoms in total. The van der Waals surface area contributed by atoms with E-state index in [0.29, 0.717) is 5.56 Å². The molecule has 0 radical (unpaired) electrons. The third kappa shape index (κ3) is 3.50. The van der Waals surface area contributed by atoms with Gasteiger partial charge in [0.1, 0.15) is 6.10 Å². The van der Waals surface area contributed by atoms with E-state index in [9.17, 15) is 14.7 Å². The molecule has 0 aromatic heterocycles. The van der Waals surface area contributed by atoms with Gasteiger partial charge in [-0.1, -0.05) is 54.6 Å².